The molecular weight excluding hydrogens is 490 g/mol. The number of hydrogen-bond acceptors (Lipinski definition) is 7. The van der Waals surface area contributed by atoms with Crippen molar-refractivity contribution >= 4 is 29.2 Å². The number of benzene rings is 1. The van der Waals surface area contributed by atoms with Crippen LogP contribution in [0.1, 0.15) is 43.0 Å². The lowest BCUT2D eigenvalue weighted by Gasteiger charge is -2.36. The number of nitrogens with zero attached hydrogens (tertiary/aromatic N) is 1. The lowest BCUT2D eigenvalue weighted by Crippen LogP contribution is -2.39. The van der Waals surface area contributed by atoms with E-state index in [2.05, 4.69) is 13.0 Å². The van der Waals surface area contributed by atoms with Crippen molar-refractivity contribution in [3.05, 3.63) is 68.9 Å². The van der Waals surface area contributed by atoms with E-state index in [4.69, 9.17) is 4.74 Å². The van der Waals surface area contributed by atoms with E-state index in [0.29, 0.717) is 24.8 Å². The minimum atomic E-state index is -0.868. The highest BCUT2D eigenvalue weighted by atomic mass is 32.1. The number of ether oxygens (including phenoxy) is 1. The average molecular weight is 526 g/mol. The van der Waals surface area contributed by atoms with Crippen LogP contribution in [0.15, 0.2) is 58.5 Å². The molecular formula is C29H35NO6S. The third kappa shape index (κ3) is 5.88. The maximum Gasteiger partial charge on any atom is 0.234 e. The Morgan fingerprint density at radius 2 is 1.97 bits per heavy atom. The summed E-state index contributed by atoms with van der Waals surface area (Å²) in [6, 6.07) is 10.8. The quantitative estimate of drug-likeness (QED) is 0.301. The Morgan fingerprint density at radius 3 is 2.59 bits per heavy atom. The van der Waals surface area contributed by atoms with Crippen LogP contribution in [0.3, 0.4) is 0 Å². The smallest absolute Gasteiger partial charge is 0.234 e. The van der Waals surface area contributed by atoms with E-state index in [0.717, 1.165) is 28.0 Å². The topological polar surface area (TPSA) is 107 Å². The first-order valence-electron chi connectivity index (χ1n) is 12.7. The molecule has 37 heavy (non-hydrogen) atoms. The van der Waals surface area contributed by atoms with Crippen LogP contribution < -0.4 is 0 Å². The Balaban J connectivity index is 1.55. The molecule has 0 bridgehead atoms. The molecule has 7 nitrogen and oxygen atoms in total. The van der Waals surface area contributed by atoms with Gasteiger partial charge in [0, 0.05) is 17.9 Å². The standard InChI is InChI=1S/C29H35NO6S/c1-3-18(13-19-6-9-21(32)10-7-19)8-11-25(33)26-20(17-36-2)14-23-27(24(26)16-31)29(35)30(28(23)34)15-22-5-4-12-37-22/h4-7,9-10,12-13,23-25,27,31-33H,3,8,11,14-17H2,1-2H3/b18-13+/t23-,24+,25-,27-/m1/s1. The van der Waals surface area contributed by atoms with Gasteiger partial charge in [-0.25, -0.2) is 0 Å². The average Bonchev–Trinajstić information content (AvgIpc) is 3.50. The minimum Gasteiger partial charge on any atom is -0.508 e. The number of phenolic OH excluding ortho intramolecular Hbond substituents is 1. The van der Waals surface area contributed by atoms with Crippen LogP contribution >= 0.6 is 11.3 Å². The normalized spacial score (nSPS) is 23.1. The number of rotatable bonds is 11. The molecule has 0 unspecified atom stereocenters. The molecule has 2 heterocycles. The Bertz CT molecular complexity index is 1150. The number of aliphatic hydroxyl groups is 2. The highest BCUT2D eigenvalue weighted by Crippen LogP contribution is 2.46. The summed E-state index contributed by atoms with van der Waals surface area (Å²) < 4.78 is 5.42. The summed E-state index contributed by atoms with van der Waals surface area (Å²) in [5.41, 5.74) is 3.56. The number of imide groups is 1. The number of aliphatic hydroxyl groups excluding tert-OH is 2. The third-order valence-electron chi connectivity index (χ3n) is 7.50. The molecule has 2 aliphatic rings. The number of methoxy groups -OCH3 is 1. The van der Waals surface area contributed by atoms with Crippen molar-refractivity contribution in [3.8, 4) is 5.75 Å². The fourth-order valence-electron chi connectivity index (χ4n) is 5.68. The Morgan fingerprint density at radius 1 is 1.22 bits per heavy atom. The van der Waals surface area contributed by atoms with Gasteiger partial charge >= 0.3 is 0 Å². The van der Waals surface area contributed by atoms with Gasteiger partial charge in [-0.2, -0.15) is 0 Å². The van der Waals surface area contributed by atoms with Gasteiger partial charge in [-0.15, -0.1) is 11.3 Å². The monoisotopic (exact) mass is 525 g/mol. The molecule has 3 N–H and O–H groups in total. The van der Waals surface area contributed by atoms with E-state index >= 15 is 0 Å². The molecule has 1 fully saturated rings. The predicted molar refractivity (Wildman–Crippen MR) is 143 cm³/mol. The SMILES string of the molecule is CC/C(=C\c1ccc(O)cc1)CC[C@@H](O)C1=C(COC)C[C@H]2C(=O)N(Cc3cccs3)C(=O)[C@H]2[C@H]1CO. The van der Waals surface area contributed by atoms with E-state index in [1.165, 1.54) is 16.2 Å². The number of likely N-dealkylation sites (tertiary alicyclic amines) is 1. The van der Waals surface area contributed by atoms with Crippen LogP contribution in [0.4, 0.5) is 0 Å². The summed E-state index contributed by atoms with van der Waals surface area (Å²) in [4.78, 5) is 29.0. The number of carbonyl (C=O) groups excluding carboxylic acids is 2. The van der Waals surface area contributed by atoms with Crippen LogP contribution in [-0.4, -0.2) is 58.5 Å². The maximum absolute atomic E-state index is 13.5. The molecule has 0 saturated carbocycles. The van der Waals surface area contributed by atoms with Crippen molar-refractivity contribution in [2.24, 2.45) is 17.8 Å². The van der Waals surface area contributed by atoms with Crippen LogP contribution in [-0.2, 0) is 20.9 Å². The maximum atomic E-state index is 13.5. The van der Waals surface area contributed by atoms with E-state index in [1.807, 2.05) is 29.6 Å². The first-order chi connectivity index (χ1) is 17.9. The van der Waals surface area contributed by atoms with Gasteiger partial charge < -0.3 is 20.1 Å². The van der Waals surface area contributed by atoms with Gasteiger partial charge in [0.1, 0.15) is 5.75 Å². The fraction of sp³-hybridized carbons (Fsp3) is 0.448. The van der Waals surface area contributed by atoms with Crippen LogP contribution in [0.5, 0.6) is 5.75 Å². The minimum absolute atomic E-state index is 0.211. The summed E-state index contributed by atoms with van der Waals surface area (Å²) in [5.74, 6) is -2.14. The van der Waals surface area contributed by atoms with Gasteiger partial charge in [0.25, 0.3) is 0 Å². The molecule has 0 radical (unpaired) electrons. The molecule has 1 aromatic heterocycles. The lowest BCUT2D eigenvalue weighted by molar-refractivity contribution is -0.140. The molecule has 1 aromatic carbocycles. The number of allylic oxidation sites excluding steroid dienone is 1. The van der Waals surface area contributed by atoms with Gasteiger partial charge in [0.2, 0.25) is 11.8 Å². The van der Waals surface area contributed by atoms with Crippen molar-refractivity contribution in [1.82, 2.24) is 4.90 Å². The number of amides is 2. The molecule has 1 saturated heterocycles. The predicted octanol–water partition coefficient (Wildman–Crippen LogP) is 4.14. The Kier molecular flexibility index (Phi) is 8.97. The first-order valence-corrected chi connectivity index (χ1v) is 13.6. The summed E-state index contributed by atoms with van der Waals surface area (Å²) in [5, 5.41) is 33.2. The van der Waals surface area contributed by atoms with Crippen molar-refractivity contribution in [3.63, 3.8) is 0 Å². The van der Waals surface area contributed by atoms with Gasteiger partial charge in [0.05, 0.1) is 37.7 Å². The van der Waals surface area contributed by atoms with Crippen LogP contribution in [0.25, 0.3) is 6.08 Å². The van der Waals surface area contributed by atoms with E-state index < -0.39 is 23.9 Å². The van der Waals surface area contributed by atoms with Gasteiger partial charge in [-0.05, 0) is 66.0 Å². The molecule has 8 heteroatoms. The molecule has 4 rings (SSSR count). The Hall–Kier alpha value is -2.78. The van der Waals surface area contributed by atoms with Crippen molar-refractivity contribution < 1.29 is 29.6 Å². The highest BCUT2D eigenvalue weighted by Gasteiger charge is 2.54. The molecule has 2 amide bonds. The van der Waals surface area contributed by atoms with Crippen molar-refractivity contribution in [2.75, 3.05) is 20.3 Å². The zero-order valence-electron chi connectivity index (χ0n) is 21.3. The fourth-order valence-corrected chi connectivity index (χ4v) is 6.37. The number of carbonyl (C=O) groups is 2. The second kappa shape index (κ2) is 12.2. The number of phenols is 1. The first kappa shape index (κ1) is 27.3. The summed E-state index contributed by atoms with van der Waals surface area (Å²) in [6.07, 6.45) is 3.39. The molecule has 0 spiro atoms. The summed E-state index contributed by atoms with van der Waals surface area (Å²) in [6.45, 7) is 2.21. The van der Waals surface area contributed by atoms with E-state index in [-0.39, 0.29) is 37.3 Å². The third-order valence-corrected chi connectivity index (χ3v) is 8.36. The van der Waals surface area contributed by atoms with Crippen molar-refractivity contribution in [1.29, 1.82) is 0 Å². The number of thiophene rings is 1. The largest absolute Gasteiger partial charge is 0.508 e. The summed E-state index contributed by atoms with van der Waals surface area (Å²) in [7, 11) is 1.57. The number of hydrogen-bond donors (Lipinski definition) is 3. The second-order valence-corrected chi connectivity index (χ2v) is 10.8. The number of aromatic hydroxyl groups is 1. The zero-order valence-corrected chi connectivity index (χ0v) is 22.1. The Labute approximate surface area is 221 Å². The highest BCUT2D eigenvalue weighted by molar-refractivity contribution is 7.09. The van der Waals surface area contributed by atoms with Gasteiger partial charge in [-0.1, -0.05) is 36.8 Å². The van der Waals surface area contributed by atoms with Gasteiger partial charge in [0.15, 0.2) is 0 Å². The van der Waals surface area contributed by atoms with E-state index in [9.17, 15) is 24.9 Å². The molecule has 1 aliphatic carbocycles. The number of fused-ring (bicyclic) bond motifs is 1. The lowest BCUT2D eigenvalue weighted by atomic mass is 9.68. The molecule has 4 atom stereocenters. The zero-order chi connectivity index (χ0) is 26.5. The summed E-state index contributed by atoms with van der Waals surface area (Å²) >= 11 is 1.50. The molecule has 1 aliphatic heterocycles. The van der Waals surface area contributed by atoms with Crippen LogP contribution in [0, 0.1) is 17.8 Å². The molecule has 198 valence electrons. The van der Waals surface area contributed by atoms with Gasteiger partial charge in [-0.3, -0.25) is 14.5 Å². The van der Waals surface area contributed by atoms with E-state index in [1.54, 1.807) is 19.2 Å². The van der Waals surface area contributed by atoms with Crippen LogP contribution in [0.2, 0.25) is 0 Å². The molecule has 2 aromatic rings. The van der Waals surface area contributed by atoms with Crippen molar-refractivity contribution in [2.45, 2.75) is 45.3 Å². The second-order valence-electron chi connectivity index (χ2n) is 9.76.